The van der Waals surface area contributed by atoms with Crippen LogP contribution in [0.1, 0.15) is 46.2 Å². The Hall–Kier alpha value is -1.30. The van der Waals surface area contributed by atoms with Crippen LogP contribution in [0.2, 0.25) is 0 Å². The molecule has 0 atom stereocenters. The summed E-state index contributed by atoms with van der Waals surface area (Å²) < 4.78 is 6.28. The highest BCUT2D eigenvalue weighted by molar-refractivity contribution is 9.10. The number of carbonyl (C=O) groups is 1. The second-order valence-electron chi connectivity index (χ2n) is 6.79. The van der Waals surface area contributed by atoms with Gasteiger partial charge in [-0.1, -0.05) is 0 Å². The highest BCUT2D eigenvalue weighted by Crippen LogP contribution is 2.26. The van der Waals surface area contributed by atoms with Gasteiger partial charge < -0.3 is 14.5 Å². The van der Waals surface area contributed by atoms with E-state index in [1.807, 2.05) is 33.8 Å². The number of pyridine rings is 1. The SMILES string of the molecule is CCN(Cc1nc(Br)ccc1N1CCCC1)C(=O)OC(C)(C)C. The topological polar surface area (TPSA) is 45.7 Å². The molecule has 0 spiro atoms. The summed E-state index contributed by atoms with van der Waals surface area (Å²) in [6, 6.07) is 4.04. The number of amides is 1. The van der Waals surface area contributed by atoms with Crippen LogP contribution >= 0.6 is 15.9 Å². The molecule has 2 rings (SSSR count). The molecule has 1 aromatic heterocycles. The van der Waals surface area contributed by atoms with Crippen molar-refractivity contribution >= 4 is 27.7 Å². The zero-order valence-electron chi connectivity index (χ0n) is 14.4. The fourth-order valence-electron chi connectivity index (χ4n) is 2.64. The quantitative estimate of drug-likeness (QED) is 0.730. The minimum absolute atomic E-state index is 0.297. The van der Waals surface area contributed by atoms with Crippen LogP contribution in [0.4, 0.5) is 10.5 Å². The van der Waals surface area contributed by atoms with E-state index in [9.17, 15) is 4.79 Å². The zero-order valence-corrected chi connectivity index (χ0v) is 16.0. The molecule has 1 fully saturated rings. The number of rotatable bonds is 4. The lowest BCUT2D eigenvalue weighted by molar-refractivity contribution is 0.0242. The lowest BCUT2D eigenvalue weighted by atomic mass is 10.2. The van der Waals surface area contributed by atoms with Crippen LogP contribution in [0.3, 0.4) is 0 Å². The fraction of sp³-hybridized carbons (Fsp3) is 0.647. The third kappa shape index (κ3) is 5.09. The van der Waals surface area contributed by atoms with Crippen LogP contribution < -0.4 is 4.90 Å². The number of halogens is 1. The van der Waals surface area contributed by atoms with E-state index in [0.29, 0.717) is 13.1 Å². The van der Waals surface area contributed by atoms with Crippen molar-refractivity contribution in [3.63, 3.8) is 0 Å². The van der Waals surface area contributed by atoms with Crippen molar-refractivity contribution in [3.8, 4) is 0 Å². The van der Waals surface area contributed by atoms with E-state index in [0.717, 1.165) is 29.1 Å². The number of aromatic nitrogens is 1. The first-order valence-electron chi connectivity index (χ1n) is 8.18. The molecule has 2 heterocycles. The number of hydrogen-bond acceptors (Lipinski definition) is 4. The number of ether oxygens (including phenoxy) is 1. The van der Waals surface area contributed by atoms with Gasteiger partial charge in [0.05, 0.1) is 17.9 Å². The average Bonchev–Trinajstić information content (AvgIpc) is 2.96. The predicted molar refractivity (Wildman–Crippen MR) is 95.7 cm³/mol. The maximum absolute atomic E-state index is 12.4. The number of carbonyl (C=O) groups excluding carboxylic acids is 1. The van der Waals surface area contributed by atoms with Gasteiger partial charge in [-0.05, 0) is 68.6 Å². The molecular formula is C17H26BrN3O2. The van der Waals surface area contributed by atoms with E-state index < -0.39 is 5.60 Å². The summed E-state index contributed by atoms with van der Waals surface area (Å²) >= 11 is 3.44. The first-order chi connectivity index (χ1) is 10.8. The summed E-state index contributed by atoms with van der Waals surface area (Å²) in [5.74, 6) is 0. The Labute approximate surface area is 147 Å². The molecule has 1 aliphatic rings. The molecule has 23 heavy (non-hydrogen) atoms. The molecule has 1 aliphatic heterocycles. The molecule has 1 aromatic rings. The summed E-state index contributed by atoms with van der Waals surface area (Å²) in [7, 11) is 0. The molecule has 1 saturated heterocycles. The summed E-state index contributed by atoms with van der Waals surface area (Å²) in [4.78, 5) is 21.0. The number of anilines is 1. The molecule has 0 radical (unpaired) electrons. The zero-order chi connectivity index (χ0) is 17.0. The van der Waals surface area contributed by atoms with Crippen molar-refractivity contribution in [1.29, 1.82) is 0 Å². The Morgan fingerprint density at radius 3 is 2.57 bits per heavy atom. The van der Waals surface area contributed by atoms with E-state index in [-0.39, 0.29) is 6.09 Å². The first-order valence-corrected chi connectivity index (χ1v) is 8.98. The lowest BCUT2D eigenvalue weighted by Crippen LogP contribution is -2.37. The van der Waals surface area contributed by atoms with Gasteiger partial charge in [0.1, 0.15) is 10.2 Å². The van der Waals surface area contributed by atoms with Crippen LogP contribution in [-0.2, 0) is 11.3 Å². The predicted octanol–water partition coefficient (Wildman–Crippen LogP) is 4.20. The molecule has 0 aromatic carbocycles. The summed E-state index contributed by atoms with van der Waals surface area (Å²) in [6.45, 7) is 10.7. The summed E-state index contributed by atoms with van der Waals surface area (Å²) in [6.07, 6.45) is 2.12. The Morgan fingerprint density at radius 2 is 2.00 bits per heavy atom. The molecule has 5 nitrogen and oxygen atoms in total. The van der Waals surface area contributed by atoms with Gasteiger partial charge in [0.2, 0.25) is 0 Å². The molecule has 1 amide bonds. The van der Waals surface area contributed by atoms with Crippen molar-refractivity contribution in [3.05, 3.63) is 22.4 Å². The minimum atomic E-state index is -0.493. The van der Waals surface area contributed by atoms with Crippen LogP contribution in [0.5, 0.6) is 0 Å². The molecule has 6 heteroatoms. The van der Waals surface area contributed by atoms with Gasteiger partial charge in [-0.2, -0.15) is 0 Å². The van der Waals surface area contributed by atoms with Crippen LogP contribution in [0, 0.1) is 0 Å². The van der Waals surface area contributed by atoms with Crippen molar-refractivity contribution in [1.82, 2.24) is 9.88 Å². The van der Waals surface area contributed by atoms with Crippen LogP contribution in [0.15, 0.2) is 16.7 Å². The van der Waals surface area contributed by atoms with Crippen molar-refractivity contribution in [2.24, 2.45) is 0 Å². The number of nitrogens with zero attached hydrogens (tertiary/aromatic N) is 3. The third-order valence-electron chi connectivity index (χ3n) is 3.74. The van der Waals surface area contributed by atoms with E-state index in [1.54, 1.807) is 4.90 Å². The highest BCUT2D eigenvalue weighted by atomic mass is 79.9. The lowest BCUT2D eigenvalue weighted by Gasteiger charge is -2.28. The summed E-state index contributed by atoms with van der Waals surface area (Å²) in [5, 5.41) is 0. The van der Waals surface area contributed by atoms with Gasteiger partial charge in [-0.15, -0.1) is 0 Å². The molecule has 0 aliphatic carbocycles. The normalized spacial score (nSPS) is 14.9. The van der Waals surface area contributed by atoms with Crippen molar-refractivity contribution < 1.29 is 9.53 Å². The standard InChI is InChI=1S/C17H26BrN3O2/c1-5-20(16(22)23-17(2,3)4)12-13-14(8-9-15(18)19-13)21-10-6-7-11-21/h8-9H,5-7,10-12H2,1-4H3. The maximum Gasteiger partial charge on any atom is 0.410 e. The van der Waals surface area contributed by atoms with Gasteiger partial charge in [0.15, 0.2) is 0 Å². The van der Waals surface area contributed by atoms with Gasteiger partial charge >= 0.3 is 6.09 Å². The highest BCUT2D eigenvalue weighted by Gasteiger charge is 2.24. The molecular weight excluding hydrogens is 358 g/mol. The smallest absolute Gasteiger partial charge is 0.410 e. The second kappa shape index (κ2) is 7.51. The molecule has 128 valence electrons. The fourth-order valence-corrected chi connectivity index (χ4v) is 2.99. The van der Waals surface area contributed by atoms with Crippen LogP contribution in [0.25, 0.3) is 0 Å². The molecule has 0 N–H and O–H groups in total. The van der Waals surface area contributed by atoms with E-state index in [4.69, 9.17) is 4.74 Å². The summed E-state index contributed by atoms with van der Waals surface area (Å²) in [5.41, 5.74) is 1.54. The van der Waals surface area contributed by atoms with Crippen LogP contribution in [-0.4, -0.2) is 41.2 Å². The van der Waals surface area contributed by atoms with E-state index in [1.165, 1.54) is 12.8 Å². The monoisotopic (exact) mass is 383 g/mol. The van der Waals surface area contributed by atoms with Crippen molar-refractivity contribution in [2.75, 3.05) is 24.5 Å². The number of hydrogen-bond donors (Lipinski definition) is 0. The first kappa shape index (κ1) is 18.0. The van der Waals surface area contributed by atoms with Gasteiger partial charge in [0, 0.05) is 19.6 Å². The molecule has 0 saturated carbocycles. The minimum Gasteiger partial charge on any atom is -0.444 e. The Bertz CT molecular complexity index is 551. The van der Waals surface area contributed by atoms with Crippen molar-refractivity contribution in [2.45, 2.75) is 52.7 Å². The molecule has 0 bridgehead atoms. The second-order valence-corrected chi connectivity index (χ2v) is 7.60. The van der Waals surface area contributed by atoms with Gasteiger partial charge in [0.25, 0.3) is 0 Å². The van der Waals surface area contributed by atoms with E-state index in [2.05, 4.69) is 31.9 Å². The Balaban J connectivity index is 2.19. The average molecular weight is 384 g/mol. The van der Waals surface area contributed by atoms with Gasteiger partial charge in [-0.3, -0.25) is 0 Å². The molecule has 0 unspecified atom stereocenters. The maximum atomic E-state index is 12.4. The Morgan fingerprint density at radius 1 is 1.35 bits per heavy atom. The largest absolute Gasteiger partial charge is 0.444 e. The Kier molecular flexibility index (Phi) is 5.89. The third-order valence-corrected chi connectivity index (χ3v) is 4.18. The van der Waals surface area contributed by atoms with Gasteiger partial charge in [-0.25, -0.2) is 9.78 Å². The van der Waals surface area contributed by atoms with E-state index >= 15 is 0 Å².